The highest BCUT2D eigenvalue weighted by Gasteiger charge is 2.13. The summed E-state index contributed by atoms with van der Waals surface area (Å²) in [4.78, 5) is 13.7. The topological polar surface area (TPSA) is 61.9 Å². The highest BCUT2D eigenvalue weighted by molar-refractivity contribution is 6.31. The summed E-state index contributed by atoms with van der Waals surface area (Å²) in [6.07, 6.45) is 0.324. The van der Waals surface area contributed by atoms with E-state index in [4.69, 9.17) is 16.9 Å². The normalized spacial score (nSPS) is 10.3. The summed E-state index contributed by atoms with van der Waals surface area (Å²) in [5.74, 6) is -0.104. The summed E-state index contributed by atoms with van der Waals surface area (Å²) in [5.41, 5.74) is 3.07. The quantitative estimate of drug-likeness (QED) is 0.870. The Balaban J connectivity index is 2.22. The van der Waals surface area contributed by atoms with Crippen molar-refractivity contribution in [3.63, 3.8) is 0 Å². The Kier molecular flexibility index (Phi) is 4.84. The maximum atomic E-state index is 12.2. The molecule has 0 saturated carbocycles. The fourth-order valence-electron chi connectivity index (χ4n) is 2.16. The van der Waals surface area contributed by atoms with Gasteiger partial charge in [-0.15, -0.1) is 0 Å². The molecule has 0 aliphatic heterocycles. The first kappa shape index (κ1) is 16.1. The van der Waals surface area contributed by atoms with Gasteiger partial charge in [0.05, 0.1) is 34.6 Å². The third kappa shape index (κ3) is 3.12. The molecule has 0 saturated heterocycles. The van der Waals surface area contributed by atoms with E-state index >= 15 is 0 Å². The zero-order valence-corrected chi connectivity index (χ0v) is 13.6. The van der Waals surface area contributed by atoms with E-state index < -0.39 is 0 Å². The number of hydrogen-bond donors (Lipinski definition) is 0. The summed E-state index contributed by atoms with van der Waals surface area (Å²) < 4.78 is 1.76. The number of carbonyl (C=O) groups excluding carboxylic acids is 1. The van der Waals surface area contributed by atoms with Crippen LogP contribution in [0.25, 0.3) is 5.69 Å². The molecular formula is C16H17ClN4O. The summed E-state index contributed by atoms with van der Waals surface area (Å²) in [6, 6.07) is 9.21. The maximum Gasteiger partial charge on any atom is 0.253 e. The summed E-state index contributed by atoms with van der Waals surface area (Å²) in [7, 11) is 1.69. The average Bonchev–Trinajstić information content (AvgIpc) is 2.79. The molecule has 0 aliphatic rings. The molecule has 0 bridgehead atoms. The molecule has 1 aromatic carbocycles. The molecule has 0 fully saturated rings. The number of aryl methyl sites for hydroxylation is 1. The highest BCUT2D eigenvalue weighted by Crippen LogP contribution is 2.22. The smallest absolute Gasteiger partial charge is 0.253 e. The Morgan fingerprint density at radius 2 is 2.00 bits per heavy atom. The minimum atomic E-state index is -0.104. The molecule has 0 radical (unpaired) electrons. The lowest BCUT2D eigenvalue weighted by Gasteiger charge is -2.15. The van der Waals surface area contributed by atoms with Gasteiger partial charge in [0.1, 0.15) is 0 Å². The van der Waals surface area contributed by atoms with Crippen molar-refractivity contribution in [3.05, 3.63) is 46.2 Å². The second-order valence-corrected chi connectivity index (χ2v) is 5.46. The average molecular weight is 317 g/mol. The van der Waals surface area contributed by atoms with Gasteiger partial charge in [0.2, 0.25) is 0 Å². The van der Waals surface area contributed by atoms with E-state index in [9.17, 15) is 4.79 Å². The molecule has 1 heterocycles. The first-order chi connectivity index (χ1) is 10.5. The standard InChI is InChI=1S/C16H17ClN4O/c1-11-15(17)12(2)21(19-11)14-7-5-13(6-8-14)16(22)20(3)10-4-9-18/h5-8H,4,10H2,1-3H3. The molecule has 2 rings (SSSR count). The van der Waals surface area contributed by atoms with Crippen LogP contribution >= 0.6 is 11.6 Å². The second kappa shape index (κ2) is 6.63. The Morgan fingerprint density at radius 3 is 2.50 bits per heavy atom. The molecule has 0 atom stereocenters. The summed E-state index contributed by atoms with van der Waals surface area (Å²) >= 11 is 6.15. The molecular weight excluding hydrogens is 300 g/mol. The van der Waals surface area contributed by atoms with Crippen LogP contribution in [0, 0.1) is 25.2 Å². The van der Waals surface area contributed by atoms with E-state index in [0.29, 0.717) is 23.6 Å². The number of amides is 1. The predicted molar refractivity (Wildman–Crippen MR) is 85.2 cm³/mol. The van der Waals surface area contributed by atoms with Crippen LogP contribution in [-0.2, 0) is 0 Å². The molecule has 0 aliphatic carbocycles. The van der Waals surface area contributed by atoms with E-state index in [0.717, 1.165) is 17.1 Å². The number of halogens is 1. The fraction of sp³-hybridized carbons (Fsp3) is 0.312. The monoisotopic (exact) mass is 316 g/mol. The number of carbonyl (C=O) groups is 1. The summed E-state index contributed by atoms with van der Waals surface area (Å²) in [6.45, 7) is 4.18. The molecule has 22 heavy (non-hydrogen) atoms. The molecule has 5 nitrogen and oxygen atoms in total. The van der Waals surface area contributed by atoms with Crippen molar-refractivity contribution >= 4 is 17.5 Å². The van der Waals surface area contributed by atoms with Crippen molar-refractivity contribution < 1.29 is 4.79 Å². The number of benzene rings is 1. The van der Waals surface area contributed by atoms with Gasteiger partial charge in [0, 0.05) is 19.2 Å². The Bertz CT molecular complexity index is 728. The van der Waals surface area contributed by atoms with Gasteiger partial charge in [-0.25, -0.2) is 4.68 Å². The third-order valence-corrected chi connectivity index (χ3v) is 4.01. The van der Waals surface area contributed by atoms with Gasteiger partial charge in [-0.3, -0.25) is 4.79 Å². The Morgan fingerprint density at radius 1 is 1.36 bits per heavy atom. The lowest BCUT2D eigenvalue weighted by molar-refractivity contribution is 0.0798. The van der Waals surface area contributed by atoms with Crippen LogP contribution in [0.2, 0.25) is 5.02 Å². The molecule has 6 heteroatoms. The van der Waals surface area contributed by atoms with Gasteiger partial charge in [-0.2, -0.15) is 10.4 Å². The molecule has 114 valence electrons. The Hall–Kier alpha value is -2.32. The van der Waals surface area contributed by atoms with Crippen molar-refractivity contribution in [1.29, 1.82) is 5.26 Å². The van der Waals surface area contributed by atoms with Crippen molar-refractivity contribution in [2.24, 2.45) is 0 Å². The lowest BCUT2D eigenvalue weighted by Crippen LogP contribution is -2.27. The number of nitriles is 1. The van der Waals surface area contributed by atoms with E-state index in [1.807, 2.05) is 32.0 Å². The number of rotatable bonds is 4. The molecule has 0 N–H and O–H groups in total. The SMILES string of the molecule is Cc1nn(-c2ccc(C(=O)N(C)CCC#N)cc2)c(C)c1Cl. The van der Waals surface area contributed by atoms with Gasteiger partial charge in [0.25, 0.3) is 5.91 Å². The van der Waals surface area contributed by atoms with E-state index in [1.165, 1.54) is 0 Å². The second-order valence-electron chi connectivity index (χ2n) is 5.08. The zero-order valence-electron chi connectivity index (χ0n) is 12.8. The van der Waals surface area contributed by atoms with Crippen LogP contribution in [0.3, 0.4) is 0 Å². The maximum absolute atomic E-state index is 12.2. The molecule has 2 aromatic rings. The van der Waals surface area contributed by atoms with E-state index in [-0.39, 0.29) is 5.91 Å². The van der Waals surface area contributed by atoms with Crippen LogP contribution < -0.4 is 0 Å². The minimum Gasteiger partial charge on any atom is -0.341 e. The first-order valence-corrected chi connectivity index (χ1v) is 7.28. The zero-order chi connectivity index (χ0) is 16.3. The third-order valence-electron chi connectivity index (χ3n) is 3.47. The molecule has 0 unspecified atom stereocenters. The fourth-order valence-corrected chi connectivity index (χ4v) is 2.28. The van der Waals surface area contributed by atoms with E-state index in [1.54, 1.807) is 28.8 Å². The minimum absolute atomic E-state index is 0.104. The van der Waals surface area contributed by atoms with Crippen molar-refractivity contribution in [2.75, 3.05) is 13.6 Å². The van der Waals surface area contributed by atoms with Crippen LogP contribution in [0.5, 0.6) is 0 Å². The van der Waals surface area contributed by atoms with Crippen LogP contribution in [0.1, 0.15) is 28.2 Å². The van der Waals surface area contributed by atoms with Crippen molar-refractivity contribution in [1.82, 2.24) is 14.7 Å². The lowest BCUT2D eigenvalue weighted by atomic mass is 10.2. The first-order valence-electron chi connectivity index (χ1n) is 6.90. The van der Waals surface area contributed by atoms with Crippen LogP contribution in [0.15, 0.2) is 24.3 Å². The number of nitrogens with zero attached hydrogens (tertiary/aromatic N) is 4. The number of hydrogen-bond acceptors (Lipinski definition) is 3. The molecule has 0 spiro atoms. The largest absolute Gasteiger partial charge is 0.341 e. The molecule has 1 aromatic heterocycles. The van der Waals surface area contributed by atoms with Crippen molar-refractivity contribution in [3.8, 4) is 11.8 Å². The van der Waals surface area contributed by atoms with Crippen LogP contribution in [0.4, 0.5) is 0 Å². The van der Waals surface area contributed by atoms with Crippen LogP contribution in [-0.4, -0.2) is 34.2 Å². The highest BCUT2D eigenvalue weighted by atomic mass is 35.5. The van der Waals surface area contributed by atoms with E-state index in [2.05, 4.69) is 5.10 Å². The summed E-state index contributed by atoms with van der Waals surface area (Å²) in [5, 5.41) is 13.6. The Labute approximate surface area is 134 Å². The van der Waals surface area contributed by atoms with Gasteiger partial charge >= 0.3 is 0 Å². The van der Waals surface area contributed by atoms with Gasteiger partial charge in [0.15, 0.2) is 0 Å². The predicted octanol–water partition coefficient (Wildman–Crippen LogP) is 3.13. The van der Waals surface area contributed by atoms with Gasteiger partial charge in [-0.05, 0) is 38.1 Å². The van der Waals surface area contributed by atoms with Crippen molar-refractivity contribution in [2.45, 2.75) is 20.3 Å². The van der Waals surface area contributed by atoms with Gasteiger partial charge < -0.3 is 4.90 Å². The number of aromatic nitrogens is 2. The van der Waals surface area contributed by atoms with Gasteiger partial charge in [-0.1, -0.05) is 11.6 Å². The molecule has 1 amide bonds.